The predicted molar refractivity (Wildman–Crippen MR) is 78.4 cm³/mol. The van der Waals surface area contributed by atoms with Crippen LogP contribution in [0.15, 0.2) is 29.2 Å². The molecule has 0 aromatic heterocycles. The second-order valence-corrected chi connectivity index (χ2v) is 7.97. The van der Waals surface area contributed by atoms with Crippen LogP contribution in [0.5, 0.6) is 0 Å². The Morgan fingerprint density at radius 1 is 1.20 bits per heavy atom. The van der Waals surface area contributed by atoms with Gasteiger partial charge in [0.05, 0.1) is 4.90 Å². The van der Waals surface area contributed by atoms with Gasteiger partial charge in [0.2, 0.25) is 0 Å². The molecule has 0 saturated carbocycles. The van der Waals surface area contributed by atoms with Gasteiger partial charge in [-0.1, -0.05) is 19.9 Å². The third kappa shape index (κ3) is 3.39. The highest BCUT2D eigenvalue weighted by molar-refractivity contribution is 7.90. The van der Waals surface area contributed by atoms with Gasteiger partial charge in [-0.25, -0.2) is 8.42 Å². The highest BCUT2D eigenvalue weighted by Crippen LogP contribution is 2.23. The minimum absolute atomic E-state index is 0.0751. The summed E-state index contributed by atoms with van der Waals surface area (Å²) in [5, 5.41) is 0. The molecule has 0 bridgehead atoms. The van der Waals surface area contributed by atoms with Crippen LogP contribution in [0.25, 0.3) is 0 Å². The smallest absolute Gasteiger partial charge is 0.253 e. The number of carbonyl (C=O) groups is 1. The topological polar surface area (TPSA) is 54.5 Å². The fourth-order valence-electron chi connectivity index (χ4n) is 2.87. The molecule has 2 rings (SSSR count). The first-order valence-electron chi connectivity index (χ1n) is 6.86. The first-order chi connectivity index (χ1) is 9.27. The molecule has 110 valence electrons. The van der Waals surface area contributed by atoms with Crippen molar-refractivity contribution in [3.63, 3.8) is 0 Å². The van der Waals surface area contributed by atoms with Gasteiger partial charge in [0.1, 0.15) is 0 Å². The third-order valence-electron chi connectivity index (χ3n) is 3.67. The Balaban J connectivity index is 2.25. The minimum Gasteiger partial charge on any atom is -0.338 e. The van der Waals surface area contributed by atoms with Crippen molar-refractivity contribution in [2.75, 3.05) is 19.3 Å². The number of rotatable bonds is 2. The molecule has 2 unspecified atom stereocenters. The summed E-state index contributed by atoms with van der Waals surface area (Å²) in [5.74, 6) is 0.899. The largest absolute Gasteiger partial charge is 0.338 e. The maximum atomic E-state index is 12.5. The van der Waals surface area contributed by atoms with E-state index in [4.69, 9.17) is 0 Å². The number of hydrogen-bond donors (Lipinski definition) is 0. The lowest BCUT2D eigenvalue weighted by Gasteiger charge is -2.35. The highest BCUT2D eigenvalue weighted by atomic mass is 32.2. The van der Waals surface area contributed by atoms with Gasteiger partial charge >= 0.3 is 0 Å². The first kappa shape index (κ1) is 15.0. The summed E-state index contributed by atoms with van der Waals surface area (Å²) in [7, 11) is -3.28. The molecule has 1 fully saturated rings. The van der Waals surface area contributed by atoms with Crippen LogP contribution >= 0.6 is 0 Å². The fraction of sp³-hybridized carbons (Fsp3) is 0.533. The Morgan fingerprint density at radius 2 is 1.80 bits per heavy atom. The molecule has 1 aromatic carbocycles. The molecule has 2 atom stereocenters. The maximum absolute atomic E-state index is 12.5. The van der Waals surface area contributed by atoms with Crippen molar-refractivity contribution in [3.05, 3.63) is 29.8 Å². The second-order valence-electron chi connectivity index (χ2n) is 5.96. The SMILES string of the molecule is CC1CC(C)CN(C(=O)c2cccc(S(C)(=O)=O)c2)C1. The average molecular weight is 295 g/mol. The van der Waals surface area contributed by atoms with Crippen molar-refractivity contribution in [1.82, 2.24) is 4.90 Å². The van der Waals surface area contributed by atoms with Gasteiger partial charge in [0, 0.05) is 24.9 Å². The summed E-state index contributed by atoms with van der Waals surface area (Å²) >= 11 is 0. The summed E-state index contributed by atoms with van der Waals surface area (Å²) in [5.41, 5.74) is 0.453. The van der Waals surface area contributed by atoms with Crippen molar-refractivity contribution >= 4 is 15.7 Å². The molecule has 0 N–H and O–H groups in total. The standard InChI is InChI=1S/C15H21NO3S/c1-11-7-12(2)10-16(9-11)15(17)13-5-4-6-14(8-13)20(3,18)19/h4-6,8,11-12H,7,9-10H2,1-3H3. The molecule has 1 amide bonds. The fourth-order valence-corrected chi connectivity index (χ4v) is 3.54. The molecule has 0 aliphatic carbocycles. The highest BCUT2D eigenvalue weighted by Gasteiger charge is 2.26. The monoisotopic (exact) mass is 295 g/mol. The number of hydrogen-bond acceptors (Lipinski definition) is 3. The molecule has 20 heavy (non-hydrogen) atoms. The molecule has 0 radical (unpaired) electrons. The number of amides is 1. The number of piperidine rings is 1. The molecule has 1 aromatic rings. The van der Waals surface area contributed by atoms with Crippen molar-refractivity contribution < 1.29 is 13.2 Å². The van der Waals surface area contributed by atoms with Crippen LogP contribution in [0, 0.1) is 11.8 Å². The number of benzene rings is 1. The van der Waals surface area contributed by atoms with Crippen LogP contribution in [0.3, 0.4) is 0 Å². The molecule has 5 heteroatoms. The summed E-state index contributed by atoms with van der Waals surface area (Å²) < 4.78 is 23.1. The number of likely N-dealkylation sites (tertiary alicyclic amines) is 1. The Kier molecular flexibility index (Phi) is 4.18. The molecule has 1 aliphatic heterocycles. The van der Waals surface area contributed by atoms with Crippen LogP contribution in [-0.2, 0) is 9.84 Å². The van der Waals surface area contributed by atoms with E-state index in [1.54, 1.807) is 12.1 Å². The van der Waals surface area contributed by atoms with Gasteiger partial charge in [0.15, 0.2) is 9.84 Å². The Bertz CT molecular complexity index is 599. The number of carbonyl (C=O) groups excluding carboxylic acids is 1. The van der Waals surface area contributed by atoms with Crippen LogP contribution in [0.1, 0.15) is 30.6 Å². The zero-order chi connectivity index (χ0) is 14.9. The van der Waals surface area contributed by atoms with Crippen molar-refractivity contribution in [1.29, 1.82) is 0 Å². The van der Waals surface area contributed by atoms with E-state index in [-0.39, 0.29) is 10.8 Å². The van der Waals surface area contributed by atoms with E-state index in [1.165, 1.54) is 12.1 Å². The van der Waals surface area contributed by atoms with Gasteiger partial charge in [-0.2, -0.15) is 0 Å². The molecule has 1 saturated heterocycles. The van der Waals surface area contributed by atoms with Gasteiger partial charge in [-0.15, -0.1) is 0 Å². The molecule has 1 aliphatic rings. The minimum atomic E-state index is -3.28. The maximum Gasteiger partial charge on any atom is 0.253 e. The van der Waals surface area contributed by atoms with E-state index in [0.29, 0.717) is 17.4 Å². The molecular formula is C15H21NO3S. The summed E-state index contributed by atoms with van der Waals surface area (Å²) in [6.45, 7) is 5.77. The molecule has 4 nitrogen and oxygen atoms in total. The van der Waals surface area contributed by atoms with E-state index in [9.17, 15) is 13.2 Å². The summed E-state index contributed by atoms with van der Waals surface area (Å²) in [4.78, 5) is 14.5. The van der Waals surface area contributed by atoms with Crippen LogP contribution in [0.4, 0.5) is 0 Å². The summed E-state index contributed by atoms with van der Waals surface area (Å²) in [6.07, 6.45) is 2.29. The van der Waals surface area contributed by atoms with Gasteiger partial charge in [-0.3, -0.25) is 4.79 Å². The Hall–Kier alpha value is -1.36. The van der Waals surface area contributed by atoms with Crippen molar-refractivity contribution in [3.8, 4) is 0 Å². The average Bonchev–Trinajstić information content (AvgIpc) is 2.36. The number of sulfone groups is 1. The zero-order valence-electron chi connectivity index (χ0n) is 12.2. The molecular weight excluding hydrogens is 274 g/mol. The predicted octanol–water partition coefficient (Wildman–Crippen LogP) is 2.21. The van der Waals surface area contributed by atoms with Gasteiger partial charge < -0.3 is 4.90 Å². The van der Waals surface area contributed by atoms with Crippen LogP contribution < -0.4 is 0 Å². The lowest BCUT2D eigenvalue weighted by Crippen LogP contribution is -2.42. The number of nitrogens with zero attached hydrogens (tertiary/aromatic N) is 1. The lowest BCUT2D eigenvalue weighted by atomic mass is 9.91. The normalized spacial score (nSPS) is 23.6. The van der Waals surface area contributed by atoms with Crippen LogP contribution in [-0.4, -0.2) is 38.6 Å². The molecule has 1 heterocycles. The van der Waals surface area contributed by atoms with E-state index in [2.05, 4.69) is 13.8 Å². The van der Waals surface area contributed by atoms with Crippen molar-refractivity contribution in [2.45, 2.75) is 25.2 Å². The van der Waals surface area contributed by atoms with Crippen LogP contribution in [0.2, 0.25) is 0 Å². The Labute approximate surface area is 120 Å². The quantitative estimate of drug-likeness (QED) is 0.840. The first-order valence-corrected chi connectivity index (χ1v) is 8.76. The van der Waals surface area contributed by atoms with E-state index in [0.717, 1.165) is 25.8 Å². The lowest BCUT2D eigenvalue weighted by molar-refractivity contribution is 0.0623. The zero-order valence-corrected chi connectivity index (χ0v) is 13.0. The Morgan fingerprint density at radius 3 is 2.35 bits per heavy atom. The third-order valence-corrected chi connectivity index (χ3v) is 4.78. The van der Waals surface area contributed by atoms with E-state index in [1.807, 2.05) is 4.90 Å². The van der Waals surface area contributed by atoms with Gasteiger partial charge in [0.25, 0.3) is 5.91 Å². The van der Waals surface area contributed by atoms with Gasteiger partial charge in [-0.05, 0) is 36.5 Å². The van der Waals surface area contributed by atoms with Crippen molar-refractivity contribution in [2.24, 2.45) is 11.8 Å². The second kappa shape index (κ2) is 5.56. The summed E-state index contributed by atoms with van der Waals surface area (Å²) in [6, 6.07) is 6.30. The van der Waals surface area contributed by atoms with E-state index < -0.39 is 9.84 Å². The van der Waals surface area contributed by atoms with E-state index >= 15 is 0 Å². The molecule has 0 spiro atoms.